The Hall–Kier alpha value is -2.03. The van der Waals surface area contributed by atoms with Crippen molar-refractivity contribution in [2.75, 3.05) is 5.75 Å². The van der Waals surface area contributed by atoms with Crippen LogP contribution in [-0.4, -0.2) is 47.3 Å². The number of nitrogens with zero attached hydrogens (tertiary/aromatic N) is 5. The molecule has 3 heterocycles. The highest BCUT2D eigenvalue weighted by molar-refractivity contribution is 7.99. The minimum absolute atomic E-state index is 0.0937. The Morgan fingerprint density at radius 1 is 1.15 bits per heavy atom. The number of hydrogen-bond acceptors (Lipinski definition) is 5. The van der Waals surface area contributed by atoms with Crippen LogP contribution in [0.15, 0.2) is 14.7 Å². The van der Waals surface area contributed by atoms with Gasteiger partial charge in [0.05, 0.1) is 5.75 Å². The molecule has 0 saturated carbocycles. The van der Waals surface area contributed by atoms with Gasteiger partial charge in [-0.2, -0.15) is 0 Å². The van der Waals surface area contributed by atoms with E-state index in [0.29, 0.717) is 22.9 Å². The van der Waals surface area contributed by atoms with Crippen molar-refractivity contribution in [2.24, 2.45) is 14.1 Å². The third kappa shape index (κ3) is 3.33. The average molecular weight is 394 g/mol. The summed E-state index contributed by atoms with van der Waals surface area (Å²) in [5.74, 6) is 0.364. The molecule has 0 radical (unpaired) electrons. The number of thioether (sulfide) groups is 1. The Labute approximate surface area is 162 Å². The molecule has 0 aliphatic carbocycles. The van der Waals surface area contributed by atoms with Crippen molar-refractivity contribution in [3.05, 3.63) is 20.8 Å². The summed E-state index contributed by atoms with van der Waals surface area (Å²) in [5.41, 5.74) is -0.00730. The Balaban J connectivity index is 1.93. The molecule has 1 fully saturated rings. The van der Waals surface area contributed by atoms with Gasteiger partial charge in [0.25, 0.3) is 5.56 Å². The number of amides is 1. The minimum Gasteiger partial charge on any atom is -0.337 e. The number of aryl methyl sites for hydroxylation is 2. The molecule has 2 atom stereocenters. The lowest BCUT2D eigenvalue weighted by molar-refractivity contribution is -0.134. The number of aromatic nitrogens is 4. The number of likely N-dealkylation sites (tertiary alicyclic amines) is 1. The summed E-state index contributed by atoms with van der Waals surface area (Å²) in [7, 11) is 3.07. The van der Waals surface area contributed by atoms with Gasteiger partial charge in [-0.1, -0.05) is 11.8 Å². The van der Waals surface area contributed by atoms with Crippen molar-refractivity contribution in [3.8, 4) is 0 Å². The van der Waals surface area contributed by atoms with Gasteiger partial charge in [0.1, 0.15) is 0 Å². The highest BCUT2D eigenvalue weighted by atomic mass is 32.2. The van der Waals surface area contributed by atoms with Gasteiger partial charge in [-0.15, -0.1) is 0 Å². The lowest BCUT2D eigenvalue weighted by Gasteiger charge is -2.39. The first-order valence-corrected chi connectivity index (χ1v) is 10.4. The summed E-state index contributed by atoms with van der Waals surface area (Å²) in [6.45, 7) is 6.65. The maximum Gasteiger partial charge on any atom is 0.332 e. The lowest BCUT2D eigenvalue weighted by Crippen LogP contribution is -2.48. The molecule has 27 heavy (non-hydrogen) atoms. The normalized spacial score (nSPS) is 20.4. The first-order chi connectivity index (χ1) is 12.8. The van der Waals surface area contributed by atoms with Crippen molar-refractivity contribution in [1.82, 2.24) is 23.6 Å². The Morgan fingerprint density at radius 2 is 1.78 bits per heavy atom. The predicted molar refractivity (Wildman–Crippen MR) is 106 cm³/mol. The second-order valence-electron chi connectivity index (χ2n) is 7.24. The van der Waals surface area contributed by atoms with Crippen LogP contribution in [0.4, 0.5) is 0 Å². The number of imidazole rings is 1. The molecule has 148 valence electrons. The molecule has 0 unspecified atom stereocenters. The van der Waals surface area contributed by atoms with Crippen LogP contribution in [0, 0.1) is 0 Å². The van der Waals surface area contributed by atoms with Crippen molar-refractivity contribution in [2.45, 2.75) is 63.8 Å². The minimum atomic E-state index is -0.406. The number of fused-ring (bicyclic) bond motifs is 1. The first kappa shape index (κ1) is 19.7. The summed E-state index contributed by atoms with van der Waals surface area (Å²) in [6.07, 6.45) is 3.22. The van der Waals surface area contributed by atoms with Crippen molar-refractivity contribution >= 4 is 28.8 Å². The Kier molecular flexibility index (Phi) is 5.50. The van der Waals surface area contributed by atoms with Crippen molar-refractivity contribution in [1.29, 1.82) is 0 Å². The number of carbonyl (C=O) groups excluding carboxylic acids is 1. The SMILES string of the molecule is CCn1c(SCC(=O)N2[C@H](C)CCC[C@H]2C)nc2c1c(=O)n(C)c(=O)n2C. The molecule has 0 bridgehead atoms. The zero-order chi connectivity index (χ0) is 19.9. The van der Waals surface area contributed by atoms with E-state index in [1.54, 1.807) is 11.6 Å². The number of carbonyl (C=O) groups is 1. The molecule has 1 saturated heterocycles. The van der Waals surface area contributed by atoms with E-state index in [1.165, 1.54) is 23.4 Å². The second kappa shape index (κ2) is 7.53. The van der Waals surface area contributed by atoms with Crippen LogP contribution in [-0.2, 0) is 25.4 Å². The third-order valence-corrected chi connectivity index (χ3v) is 6.40. The molecule has 0 N–H and O–H groups in total. The predicted octanol–water partition coefficient (Wildman–Crippen LogP) is 1.34. The van der Waals surface area contributed by atoms with E-state index in [1.807, 2.05) is 11.8 Å². The van der Waals surface area contributed by atoms with Gasteiger partial charge in [0.2, 0.25) is 5.91 Å². The maximum absolute atomic E-state index is 12.8. The van der Waals surface area contributed by atoms with E-state index in [2.05, 4.69) is 18.8 Å². The van der Waals surface area contributed by atoms with Crippen LogP contribution in [0.3, 0.4) is 0 Å². The molecule has 2 aromatic heterocycles. The van der Waals surface area contributed by atoms with Gasteiger partial charge < -0.3 is 9.47 Å². The molecule has 1 aliphatic rings. The fourth-order valence-corrected chi connectivity index (χ4v) is 4.87. The zero-order valence-electron chi connectivity index (χ0n) is 16.6. The van der Waals surface area contributed by atoms with Crippen molar-refractivity contribution < 1.29 is 4.79 Å². The van der Waals surface area contributed by atoms with Gasteiger partial charge >= 0.3 is 5.69 Å². The fraction of sp³-hybridized carbons (Fsp3) is 0.667. The van der Waals surface area contributed by atoms with Crippen LogP contribution in [0.1, 0.15) is 40.0 Å². The maximum atomic E-state index is 12.8. The quantitative estimate of drug-likeness (QED) is 0.732. The molecule has 8 nitrogen and oxygen atoms in total. The second-order valence-corrected chi connectivity index (χ2v) is 8.18. The lowest BCUT2D eigenvalue weighted by atomic mass is 9.98. The topological polar surface area (TPSA) is 82.1 Å². The van der Waals surface area contributed by atoms with Gasteiger partial charge in [0.15, 0.2) is 16.3 Å². The summed E-state index contributed by atoms with van der Waals surface area (Å²) in [6, 6.07) is 0.500. The molecular formula is C18H27N5O3S. The molecule has 3 rings (SSSR count). The van der Waals surface area contributed by atoms with Crippen molar-refractivity contribution in [3.63, 3.8) is 0 Å². The monoisotopic (exact) mass is 393 g/mol. The molecule has 1 aliphatic heterocycles. The van der Waals surface area contributed by atoms with Crippen LogP contribution in [0.25, 0.3) is 11.2 Å². The molecular weight excluding hydrogens is 366 g/mol. The molecule has 1 amide bonds. The number of hydrogen-bond donors (Lipinski definition) is 0. The van der Waals surface area contributed by atoms with Crippen LogP contribution >= 0.6 is 11.8 Å². The average Bonchev–Trinajstić information content (AvgIpc) is 3.01. The summed E-state index contributed by atoms with van der Waals surface area (Å²) >= 11 is 1.33. The zero-order valence-corrected chi connectivity index (χ0v) is 17.4. The van der Waals surface area contributed by atoms with Gasteiger partial charge in [-0.05, 0) is 40.0 Å². The highest BCUT2D eigenvalue weighted by Crippen LogP contribution is 2.26. The van der Waals surface area contributed by atoms with E-state index >= 15 is 0 Å². The first-order valence-electron chi connectivity index (χ1n) is 9.38. The Bertz CT molecular complexity index is 980. The Morgan fingerprint density at radius 3 is 2.37 bits per heavy atom. The standard InChI is InChI=1S/C18H27N5O3S/c1-6-22-14-15(20(4)18(26)21(5)16(14)25)19-17(22)27-10-13(24)23-11(2)8-7-9-12(23)3/h11-12H,6-10H2,1-5H3/t11-,12-/m1/s1. The molecule has 0 aromatic carbocycles. The summed E-state index contributed by atoms with van der Waals surface area (Å²) < 4.78 is 4.26. The summed E-state index contributed by atoms with van der Waals surface area (Å²) in [4.78, 5) is 44.0. The summed E-state index contributed by atoms with van der Waals surface area (Å²) in [5, 5.41) is 0.594. The molecule has 0 spiro atoms. The van der Waals surface area contributed by atoms with E-state index in [4.69, 9.17) is 0 Å². The number of rotatable bonds is 4. The van der Waals surface area contributed by atoms with E-state index in [-0.39, 0.29) is 29.3 Å². The number of piperidine rings is 1. The van der Waals surface area contributed by atoms with Gasteiger partial charge in [-0.25, -0.2) is 9.78 Å². The molecule has 2 aromatic rings. The molecule has 9 heteroatoms. The third-order valence-electron chi connectivity index (χ3n) is 5.44. The van der Waals surface area contributed by atoms with Crippen LogP contribution in [0.2, 0.25) is 0 Å². The van der Waals surface area contributed by atoms with E-state index < -0.39 is 5.69 Å². The fourth-order valence-electron chi connectivity index (χ4n) is 3.94. The largest absolute Gasteiger partial charge is 0.337 e. The van der Waals surface area contributed by atoms with Gasteiger partial charge in [-0.3, -0.25) is 18.7 Å². The van der Waals surface area contributed by atoms with E-state index in [9.17, 15) is 14.4 Å². The van der Waals surface area contributed by atoms with Crippen LogP contribution < -0.4 is 11.2 Å². The van der Waals surface area contributed by atoms with Gasteiger partial charge in [0, 0.05) is 32.7 Å². The smallest absolute Gasteiger partial charge is 0.332 e. The highest BCUT2D eigenvalue weighted by Gasteiger charge is 2.29. The van der Waals surface area contributed by atoms with Crippen LogP contribution in [0.5, 0.6) is 0 Å². The van der Waals surface area contributed by atoms with E-state index in [0.717, 1.165) is 23.8 Å².